The van der Waals surface area contributed by atoms with Crippen LogP contribution in [0.3, 0.4) is 0 Å². The molecule has 0 aliphatic heterocycles. The van der Waals surface area contributed by atoms with Gasteiger partial charge >= 0.3 is 5.97 Å². The Morgan fingerprint density at radius 2 is 2.19 bits per heavy atom. The Hall–Kier alpha value is -1.43. The van der Waals surface area contributed by atoms with Crippen LogP contribution in [-0.2, 0) is 4.79 Å². The minimum atomic E-state index is -1.02. The molecule has 0 aliphatic rings. The third-order valence-electron chi connectivity index (χ3n) is 2.03. The van der Waals surface area contributed by atoms with Crippen LogP contribution in [0.15, 0.2) is 5.38 Å². The molecule has 0 fully saturated rings. The molecule has 5 nitrogen and oxygen atoms in total. The predicted molar refractivity (Wildman–Crippen MR) is 60.7 cm³/mol. The number of aryl methyl sites for hydroxylation is 1. The number of hydrogen-bond acceptors (Lipinski definition) is 4. The summed E-state index contributed by atoms with van der Waals surface area (Å²) in [4.78, 5) is 27.9. The molecule has 0 atom stereocenters. The van der Waals surface area contributed by atoms with Crippen molar-refractivity contribution in [1.29, 1.82) is 0 Å². The average molecular weight is 242 g/mol. The van der Waals surface area contributed by atoms with Gasteiger partial charge in [-0.05, 0) is 20.8 Å². The van der Waals surface area contributed by atoms with Crippen LogP contribution in [0, 0.1) is 6.92 Å². The van der Waals surface area contributed by atoms with E-state index in [1.54, 1.807) is 26.2 Å². The number of amides is 1. The standard InChI is InChI=1S/C10H14N2O3S/c1-6(2)12(4-9(13)14)10(15)8-5-16-7(3)11-8/h5-6H,4H2,1-3H3,(H,13,14). The van der Waals surface area contributed by atoms with Crippen LogP contribution in [0.25, 0.3) is 0 Å². The van der Waals surface area contributed by atoms with Gasteiger partial charge in [0.15, 0.2) is 0 Å². The molecule has 1 heterocycles. The third kappa shape index (κ3) is 3.03. The van der Waals surface area contributed by atoms with Gasteiger partial charge in [0, 0.05) is 11.4 Å². The number of thiazole rings is 1. The molecule has 0 unspecified atom stereocenters. The Balaban J connectivity index is 2.87. The fourth-order valence-electron chi connectivity index (χ4n) is 1.24. The smallest absolute Gasteiger partial charge is 0.323 e. The zero-order valence-corrected chi connectivity index (χ0v) is 10.2. The lowest BCUT2D eigenvalue weighted by atomic mass is 10.3. The number of carbonyl (C=O) groups is 2. The lowest BCUT2D eigenvalue weighted by Crippen LogP contribution is -2.40. The summed E-state index contributed by atoms with van der Waals surface area (Å²) in [6.07, 6.45) is 0. The summed E-state index contributed by atoms with van der Waals surface area (Å²) in [5.74, 6) is -1.35. The Morgan fingerprint density at radius 3 is 2.56 bits per heavy atom. The van der Waals surface area contributed by atoms with E-state index in [4.69, 9.17) is 5.11 Å². The number of rotatable bonds is 4. The lowest BCUT2D eigenvalue weighted by Gasteiger charge is -2.23. The molecule has 1 N–H and O–H groups in total. The van der Waals surface area contributed by atoms with Crippen LogP contribution in [0.1, 0.15) is 29.3 Å². The van der Waals surface area contributed by atoms with E-state index in [2.05, 4.69) is 4.98 Å². The molecule has 1 aromatic rings. The first-order chi connectivity index (χ1) is 7.41. The van der Waals surface area contributed by atoms with Gasteiger partial charge in [0.25, 0.3) is 5.91 Å². The Bertz CT molecular complexity index is 401. The van der Waals surface area contributed by atoms with Crippen molar-refractivity contribution in [3.63, 3.8) is 0 Å². The van der Waals surface area contributed by atoms with E-state index in [0.29, 0.717) is 5.69 Å². The summed E-state index contributed by atoms with van der Waals surface area (Å²) < 4.78 is 0. The molecule has 6 heteroatoms. The summed E-state index contributed by atoms with van der Waals surface area (Å²) >= 11 is 1.37. The molecule has 1 rings (SSSR count). The maximum Gasteiger partial charge on any atom is 0.323 e. The van der Waals surface area contributed by atoms with Crippen LogP contribution < -0.4 is 0 Å². The van der Waals surface area contributed by atoms with Gasteiger partial charge in [-0.25, -0.2) is 4.98 Å². The number of hydrogen-bond donors (Lipinski definition) is 1. The molecular weight excluding hydrogens is 228 g/mol. The zero-order chi connectivity index (χ0) is 12.3. The van der Waals surface area contributed by atoms with Gasteiger partial charge < -0.3 is 10.0 Å². The van der Waals surface area contributed by atoms with Crippen LogP contribution in [0.5, 0.6) is 0 Å². The molecule has 0 aromatic carbocycles. The lowest BCUT2D eigenvalue weighted by molar-refractivity contribution is -0.138. The highest BCUT2D eigenvalue weighted by molar-refractivity contribution is 7.09. The summed E-state index contributed by atoms with van der Waals surface area (Å²) in [5, 5.41) is 11.2. The average Bonchev–Trinajstić information content (AvgIpc) is 2.59. The number of aliphatic carboxylic acids is 1. The molecule has 0 aliphatic carbocycles. The number of carbonyl (C=O) groups excluding carboxylic acids is 1. The van der Waals surface area contributed by atoms with Crippen molar-refractivity contribution in [1.82, 2.24) is 9.88 Å². The highest BCUT2D eigenvalue weighted by Gasteiger charge is 2.22. The number of carboxylic acids is 1. The summed E-state index contributed by atoms with van der Waals surface area (Å²) in [7, 11) is 0. The molecule has 0 saturated carbocycles. The van der Waals surface area contributed by atoms with Crippen molar-refractivity contribution < 1.29 is 14.7 Å². The van der Waals surface area contributed by atoms with Crippen LogP contribution in [0.2, 0.25) is 0 Å². The topological polar surface area (TPSA) is 70.5 Å². The third-order valence-corrected chi connectivity index (χ3v) is 2.80. The van der Waals surface area contributed by atoms with Gasteiger partial charge in [0.1, 0.15) is 12.2 Å². The zero-order valence-electron chi connectivity index (χ0n) is 9.43. The minimum Gasteiger partial charge on any atom is -0.480 e. The SMILES string of the molecule is Cc1nc(C(=O)N(CC(=O)O)C(C)C)cs1. The molecule has 0 saturated heterocycles. The van der Waals surface area contributed by atoms with Gasteiger partial charge in [0.05, 0.1) is 5.01 Å². The fourth-order valence-corrected chi connectivity index (χ4v) is 1.83. The molecule has 0 radical (unpaired) electrons. The van der Waals surface area contributed by atoms with Crippen molar-refractivity contribution in [3.8, 4) is 0 Å². The van der Waals surface area contributed by atoms with E-state index in [-0.39, 0.29) is 18.5 Å². The number of carboxylic acid groups (broad SMARTS) is 1. The monoisotopic (exact) mass is 242 g/mol. The molecule has 1 amide bonds. The second-order valence-electron chi connectivity index (χ2n) is 3.67. The van der Waals surface area contributed by atoms with E-state index in [1.807, 2.05) is 0 Å². The van der Waals surface area contributed by atoms with Gasteiger partial charge in [-0.15, -0.1) is 11.3 Å². The Kier molecular flexibility index (Phi) is 4.00. The highest BCUT2D eigenvalue weighted by atomic mass is 32.1. The normalized spacial score (nSPS) is 10.5. The summed E-state index contributed by atoms with van der Waals surface area (Å²) in [5.41, 5.74) is 0.317. The summed E-state index contributed by atoms with van der Waals surface area (Å²) in [6, 6.07) is -0.161. The van der Waals surface area contributed by atoms with Crippen LogP contribution in [0.4, 0.5) is 0 Å². The molecule has 88 valence electrons. The van der Waals surface area contributed by atoms with Crippen molar-refractivity contribution >= 4 is 23.2 Å². The first-order valence-electron chi connectivity index (χ1n) is 4.86. The summed E-state index contributed by atoms with van der Waals surface area (Å²) in [6.45, 7) is 5.06. The van der Waals surface area contributed by atoms with E-state index in [1.165, 1.54) is 16.2 Å². The fraction of sp³-hybridized carbons (Fsp3) is 0.500. The van der Waals surface area contributed by atoms with Gasteiger partial charge in [-0.2, -0.15) is 0 Å². The van der Waals surface area contributed by atoms with Gasteiger partial charge in [-0.1, -0.05) is 0 Å². The first-order valence-corrected chi connectivity index (χ1v) is 5.74. The Morgan fingerprint density at radius 1 is 1.56 bits per heavy atom. The van der Waals surface area contributed by atoms with Crippen LogP contribution >= 0.6 is 11.3 Å². The second kappa shape index (κ2) is 5.07. The van der Waals surface area contributed by atoms with E-state index >= 15 is 0 Å². The van der Waals surface area contributed by atoms with Crippen LogP contribution in [-0.4, -0.2) is 39.5 Å². The minimum absolute atomic E-state index is 0.161. The molecular formula is C10H14N2O3S. The molecule has 1 aromatic heterocycles. The van der Waals surface area contributed by atoms with Gasteiger partial charge in [-0.3, -0.25) is 9.59 Å². The second-order valence-corrected chi connectivity index (χ2v) is 4.73. The highest BCUT2D eigenvalue weighted by Crippen LogP contribution is 2.12. The quantitative estimate of drug-likeness (QED) is 0.866. The predicted octanol–water partition coefficient (Wildman–Crippen LogP) is 1.39. The van der Waals surface area contributed by atoms with Crippen molar-refractivity contribution in [3.05, 3.63) is 16.1 Å². The molecule has 0 bridgehead atoms. The van der Waals surface area contributed by atoms with E-state index < -0.39 is 5.97 Å². The maximum atomic E-state index is 11.9. The van der Waals surface area contributed by atoms with E-state index in [9.17, 15) is 9.59 Å². The van der Waals surface area contributed by atoms with Crippen molar-refractivity contribution in [2.24, 2.45) is 0 Å². The molecule has 16 heavy (non-hydrogen) atoms. The molecule has 0 spiro atoms. The maximum absolute atomic E-state index is 11.9. The number of aromatic nitrogens is 1. The first kappa shape index (κ1) is 12.6. The van der Waals surface area contributed by atoms with Crippen molar-refractivity contribution in [2.75, 3.05) is 6.54 Å². The largest absolute Gasteiger partial charge is 0.480 e. The Labute approximate surface area is 97.7 Å². The van der Waals surface area contributed by atoms with E-state index in [0.717, 1.165) is 5.01 Å². The van der Waals surface area contributed by atoms with Gasteiger partial charge in [0.2, 0.25) is 0 Å². The number of nitrogens with zero attached hydrogens (tertiary/aromatic N) is 2. The van der Waals surface area contributed by atoms with Crippen molar-refractivity contribution in [2.45, 2.75) is 26.8 Å².